The van der Waals surface area contributed by atoms with E-state index in [1.165, 1.54) is 6.20 Å². The minimum Gasteiger partial charge on any atom is -0.497 e. The molecular formula is C21H31NO5S2. The number of sulfone groups is 2. The van der Waals surface area contributed by atoms with E-state index in [0.29, 0.717) is 37.1 Å². The van der Waals surface area contributed by atoms with Crippen molar-refractivity contribution in [1.82, 2.24) is 0 Å². The highest BCUT2D eigenvalue weighted by Crippen LogP contribution is 2.35. The lowest BCUT2D eigenvalue weighted by Crippen LogP contribution is -2.34. The predicted molar refractivity (Wildman–Crippen MR) is 116 cm³/mol. The monoisotopic (exact) mass is 441 g/mol. The third kappa shape index (κ3) is 5.15. The van der Waals surface area contributed by atoms with E-state index in [4.69, 9.17) is 4.74 Å². The fourth-order valence-electron chi connectivity index (χ4n) is 4.24. The number of rotatable bonds is 7. The summed E-state index contributed by atoms with van der Waals surface area (Å²) in [4.78, 5) is 0. The zero-order chi connectivity index (χ0) is 20.9. The summed E-state index contributed by atoms with van der Waals surface area (Å²) >= 11 is 0. The summed E-state index contributed by atoms with van der Waals surface area (Å²) < 4.78 is 58.3. The molecular weight excluding hydrogens is 410 g/mol. The van der Waals surface area contributed by atoms with E-state index in [1.807, 2.05) is 0 Å². The Bertz CT molecular complexity index is 858. The minimum atomic E-state index is -3.93. The van der Waals surface area contributed by atoms with E-state index in [0.717, 1.165) is 38.5 Å². The van der Waals surface area contributed by atoms with Crippen LogP contribution in [-0.2, 0) is 19.7 Å². The standard InChI is InChI=1S/C21H31NO5S2/c1-27-18-14-12-17(13-15-18)22-16-21(28(23,24)19-8-4-2-5-9-19)29(25,26)20-10-6-3-7-11-20/h12-16,19-20,22H,2-11H2,1H3. The molecule has 29 heavy (non-hydrogen) atoms. The molecule has 1 aromatic rings. The third-order valence-electron chi connectivity index (χ3n) is 5.99. The Labute approximate surface area is 174 Å². The van der Waals surface area contributed by atoms with Crippen LogP contribution >= 0.6 is 0 Å². The molecule has 0 aliphatic heterocycles. The Morgan fingerprint density at radius 1 is 0.828 bits per heavy atom. The average Bonchev–Trinajstić information content (AvgIpc) is 2.75. The quantitative estimate of drug-likeness (QED) is 0.674. The summed E-state index contributed by atoms with van der Waals surface area (Å²) in [6.07, 6.45) is 8.64. The van der Waals surface area contributed by atoms with Crippen LogP contribution in [0.1, 0.15) is 64.2 Å². The topological polar surface area (TPSA) is 89.5 Å². The van der Waals surface area contributed by atoms with Crippen molar-refractivity contribution in [3.05, 3.63) is 34.7 Å². The first kappa shape index (κ1) is 22.2. The van der Waals surface area contributed by atoms with Crippen LogP contribution in [0, 0.1) is 0 Å². The third-order valence-corrected chi connectivity index (χ3v) is 11.4. The van der Waals surface area contributed by atoms with Crippen molar-refractivity contribution in [1.29, 1.82) is 0 Å². The van der Waals surface area contributed by atoms with Gasteiger partial charge in [-0.25, -0.2) is 16.8 Å². The van der Waals surface area contributed by atoms with Crippen molar-refractivity contribution in [3.8, 4) is 5.75 Å². The van der Waals surface area contributed by atoms with Gasteiger partial charge in [0.05, 0.1) is 17.6 Å². The summed E-state index contributed by atoms with van der Waals surface area (Å²) in [5, 5.41) is 1.69. The highest BCUT2D eigenvalue weighted by Gasteiger charge is 2.41. The lowest BCUT2D eigenvalue weighted by molar-refractivity contribution is 0.415. The molecule has 0 spiro atoms. The Morgan fingerprint density at radius 3 is 1.69 bits per heavy atom. The second-order valence-corrected chi connectivity index (χ2v) is 12.6. The van der Waals surface area contributed by atoms with Crippen LogP contribution < -0.4 is 10.1 Å². The van der Waals surface area contributed by atoms with Crippen molar-refractivity contribution in [2.75, 3.05) is 12.4 Å². The van der Waals surface area contributed by atoms with E-state index < -0.39 is 34.4 Å². The van der Waals surface area contributed by atoms with Crippen molar-refractivity contribution < 1.29 is 21.6 Å². The molecule has 8 heteroatoms. The van der Waals surface area contributed by atoms with Crippen LogP contribution in [0.5, 0.6) is 5.75 Å². The van der Waals surface area contributed by atoms with E-state index >= 15 is 0 Å². The number of nitrogens with one attached hydrogen (secondary N) is 1. The van der Waals surface area contributed by atoms with Gasteiger partial charge >= 0.3 is 0 Å². The molecule has 1 N–H and O–H groups in total. The highest BCUT2D eigenvalue weighted by molar-refractivity contribution is 8.14. The van der Waals surface area contributed by atoms with Gasteiger partial charge in [0.25, 0.3) is 0 Å². The molecule has 6 nitrogen and oxygen atoms in total. The maximum Gasteiger partial charge on any atom is 0.193 e. The Kier molecular flexibility index (Phi) is 7.27. The van der Waals surface area contributed by atoms with Crippen molar-refractivity contribution >= 4 is 25.4 Å². The SMILES string of the molecule is COc1ccc(NC=C(S(=O)(=O)C2CCCCC2)S(=O)(=O)C2CCCCC2)cc1. The first-order valence-corrected chi connectivity index (χ1v) is 13.5. The molecule has 0 amide bonds. The lowest BCUT2D eigenvalue weighted by Gasteiger charge is -2.27. The predicted octanol–water partition coefficient (Wildman–Crippen LogP) is 4.40. The van der Waals surface area contributed by atoms with Gasteiger partial charge in [-0.3, -0.25) is 0 Å². The zero-order valence-electron chi connectivity index (χ0n) is 17.0. The van der Waals surface area contributed by atoms with E-state index in [-0.39, 0.29) is 0 Å². The largest absolute Gasteiger partial charge is 0.497 e. The molecule has 2 aliphatic carbocycles. The van der Waals surface area contributed by atoms with Crippen molar-refractivity contribution in [2.24, 2.45) is 0 Å². The number of anilines is 1. The summed E-state index contributed by atoms with van der Waals surface area (Å²) in [6, 6.07) is 6.93. The van der Waals surface area contributed by atoms with Crippen LogP contribution in [0.2, 0.25) is 0 Å². The van der Waals surface area contributed by atoms with Gasteiger partial charge in [0.1, 0.15) is 5.75 Å². The number of methoxy groups -OCH3 is 1. The van der Waals surface area contributed by atoms with Gasteiger partial charge in [0.2, 0.25) is 0 Å². The minimum absolute atomic E-state index is 0.431. The number of hydrogen-bond acceptors (Lipinski definition) is 6. The fourth-order valence-corrected chi connectivity index (χ4v) is 9.36. The molecule has 0 radical (unpaired) electrons. The van der Waals surface area contributed by atoms with Gasteiger partial charge in [-0.05, 0) is 49.9 Å². The lowest BCUT2D eigenvalue weighted by atomic mass is 10.0. The van der Waals surface area contributed by atoms with Crippen molar-refractivity contribution in [2.45, 2.75) is 74.7 Å². The van der Waals surface area contributed by atoms with Gasteiger partial charge in [0, 0.05) is 11.9 Å². The number of ether oxygens (including phenoxy) is 1. The van der Waals surface area contributed by atoms with Crippen LogP contribution in [0.4, 0.5) is 5.69 Å². The summed E-state index contributed by atoms with van der Waals surface area (Å²) in [7, 11) is -6.29. The Balaban J connectivity index is 1.95. The molecule has 0 bridgehead atoms. The second-order valence-electron chi connectivity index (χ2n) is 7.95. The molecule has 0 unspecified atom stereocenters. The number of hydrogen-bond donors (Lipinski definition) is 1. The smallest absolute Gasteiger partial charge is 0.193 e. The van der Waals surface area contributed by atoms with Crippen LogP contribution in [0.25, 0.3) is 0 Å². The first-order valence-electron chi connectivity index (χ1n) is 10.4. The summed E-state index contributed by atoms with van der Waals surface area (Å²) in [6.45, 7) is 0. The molecule has 2 fully saturated rings. The molecule has 0 saturated heterocycles. The summed E-state index contributed by atoms with van der Waals surface area (Å²) in [5.74, 6) is 0.671. The van der Waals surface area contributed by atoms with Gasteiger partial charge < -0.3 is 10.1 Å². The molecule has 162 valence electrons. The van der Waals surface area contributed by atoms with Gasteiger partial charge in [-0.15, -0.1) is 0 Å². The van der Waals surface area contributed by atoms with Gasteiger partial charge in [-0.2, -0.15) is 0 Å². The van der Waals surface area contributed by atoms with E-state index in [1.54, 1.807) is 31.4 Å². The Morgan fingerprint density at radius 2 is 1.28 bits per heavy atom. The van der Waals surface area contributed by atoms with Crippen LogP contribution in [0.15, 0.2) is 34.7 Å². The maximum absolute atomic E-state index is 13.4. The van der Waals surface area contributed by atoms with Crippen molar-refractivity contribution in [3.63, 3.8) is 0 Å². The second kappa shape index (κ2) is 9.51. The van der Waals surface area contributed by atoms with Gasteiger partial charge in [0.15, 0.2) is 23.9 Å². The molecule has 3 rings (SSSR count). The molecule has 2 aliphatic rings. The molecule has 0 atom stereocenters. The highest BCUT2D eigenvalue weighted by atomic mass is 32.3. The maximum atomic E-state index is 13.4. The zero-order valence-corrected chi connectivity index (χ0v) is 18.6. The van der Waals surface area contributed by atoms with Crippen LogP contribution in [-0.4, -0.2) is 34.4 Å². The van der Waals surface area contributed by atoms with Crippen LogP contribution in [0.3, 0.4) is 0 Å². The van der Waals surface area contributed by atoms with E-state index in [2.05, 4.69) is 5.32 Å². The van der Waals surface area contributed by atoms with Gasteiger partial charge in [-0.1, -0.05) is 38.5 Å². The molecule has 0 heterocycles. The average molecular weight is 442 g/mol. The fraction of sp³-hybridized carbons (Fsp3) is 0.619. The first-order chi connectivity index (χ1) is 13.9. The van der Waals surface area contributed by atoms with E-state index in [9.17, 15) is 16.8 Å². The normalized spacial score (nSPS) is 19.5. The Hall–Kier alpha value is -1.54. The molecule has 2 saturated carbocycles. The number of benzene rings is 1. The molecule has 1 aromatic carbocycles. The summed E-state index contributed by atoms with van der Waals surface area (Å²) in [5.41, 5.74) is 0.612. The molecule has 0 aromatic heterocycles.